The van der Waals surface area contributed by atoms with Gasteiger partial charge in [-0.1, -0.05) is 0 Å². The molecule has 2 aromatic rings. The van der Waals surface area contributed by atoms with Crippen LogP contribution in [0.5, 0.6) is 5.75 Å². The van der Waals surface area contributed by atoms with Gasteiger partial charge in [0.15, 0.2) is 6.61 Å². The summed E-state index contributed by atoms with van der Waals surface area (Å²) in [5, 5.41) is 5.44. The summed E-state index contributed by atoms with van der Waals surface area (Å²) in [5.41, 5.74) is 1.15. The molecule has 0 saturated carbocycles. The molecule has 0 saturated heterocycles. The van der Waals surface area contributed by atoms with Crippen LogP contribution in [0.4, 0.5) is 11.4 Å². The van der Waals surface area contributed by atoms with E-state index >= 15 is 0 Å². The van der Waals surface area contributed by atoms with E-state index in [1.807, 2.05) is 12.1 Å². The second kappa shape index (κ2) is 6.33. The fourth-order valence-electron chi connectivity index (χ4n) is 1.92. The first kappa shape index (κ1) is 14.8. The average Bonchev–Trinajstić information content (AvgIpc) is 2.90. The first-order valence-corrected chi connectivity index (χ1v) is 8.02. The second-order valence-electron chi connectivity index (χ2n) is 4.51. The fourth-order valence-corrected chi connectivity index (χ4v) is 3.25. The normalized spacial score (nSPS) is 13.4. The lowest BCUT2D eigenvalue weighted by Crippen LogP contribution is -2.25. The van der Waals surface area contributed by atoms with Crippen LogP contribution in [0.15, 0.2) is 40.2 Å². The number of ether oxygens (including phenoxy) is 1. The molecule has 5 nitrogen and oxygen atoms in total. The molecule has 0 bridgehead atoms. The summed E-state index contributed by atoms with van der Waals surface area (Å²) in [6.07, 6.45) is 3.21. The molecule has 2 amide bonds. The largest absolute Gasteiger partial charge is 0.482 e. The Kier molecular flexibility index (Phi) is 4.26. The Balaban J connectivity index is 1.68. The van der Waals surface area contributed by atoms with Crippen molar-refractivity contribution in [3.63, 3.8) is 0 Å². The lowest BCUT2D eigenvalue weighted by Gasteiger charge is -2.18. The van der Waals surface area contributed by atoms with Gasteiger partial charge in [0.1, 0.15) is 5.75 Å². The Morgan fingerprint density at radius 1 is 1.36 bits per heavy atom. The highest BCUT2D eigenvalue weighted by molar-refractivity contribution is 9.11. The number of fused-ring (bicyclic) bond motifs is 1. The van der Waals surface area contributed by atoms with Gasteiger partial charge in [-0.05, 0) is 52.3 Å². The average molecular weight is 379 g/mol. The Morgan fingerprint density at radius 3 is 3.00 bits per heavy atom. The van der Waals surface area contributed by atoms with Gasteiger partial charge in [0.05, 0.1) is 9.47 Å². The Morgan fingerprint density at radius 2 is 2.23 bits per heavy atom. The molecule has 1 aromatic heterocycles. The van der Waals surface area contributed by atoms with Crippen LogP contribution in [0.3, 0.4) is 0 Å². The standard InChI is InChI=1S/C15H11BrN2O3S/c16-13-5-2-10(22-13)3-6-14(19)17-9-1-4-12-11(7-9)18-15(20)8-21-12/h1-7H,8H2,(H,17,19)(H,18,20)/b6-3+. The summed E-state index contributed by atoms with van der Waals surface area (Å²) >= 11 is 4.91. The summed E-state index contributed by atoms with van der Waals surface area (Å²) in [6, 6.07) is 8.95. The maximum Gasteiger partial charge on any atom is 0.262 e. The molecule has 0 atom stereocenters. The van der Waals surface area contributed by atoms with Gasteiger partial charge < -0.3 is 15.4 Å². The number of hydrogen-bond donors (Lipinski definition) is 2. The highest BCUT2D eigenvalue weighted by Crippen LogP contribution is 2.30. The minimum absolute atomic E-state index is 0.0117. The first-order chi connectivity index (χ1) is 10.6. The van der Waals surface area contributed by atoms with Crippen LogP contribution in [-0.2, 0) is 9.59 Å². The van der Waals surface area contributed by atoms with E-state index in [0.717, 1.165) is 8.66 Å². The number of amides is 2. The van der Waals surface area contributed by atoms with Gasteiger partial charge in [0.25, 0.3) is 5.91 Å². The van der Waals surface area contributed by atoms with E-state index in [2.05, 4.69) is 26.6 Å². The number of carbonyl (C=O) groups excluding carboxylic acids is 2. The van der Waals surface area contributed by atoms with Gasteiger partial charge >= 0.3 is 0 Å². The molecule has 0 radical (unpaired) electrons. The molecule has 0 unspecified atom stereocenters. The molecule has 0 spiro atoms. The highest BCUT2D eigenvalue weighted by atomic mass is 79.9. The lowest BCUT2D eigenvalue weighted by atomic mass is 10.2. The van der Waals surface area contributed by atoms with Gasteiger partial charge in [0, 0.05) is 16.6 Å². The van der Waals surface area contributed by atoms with Crippen molar-refractivity contribution in [2.24, 2.45) is 0 Å². The molecule has 1 aliphatic heterocycles. The maximum atomic E-state index is 11.9. The van der Waals surface area contributed by atoms with E-state index in [0.29, 0.717) is 17.1 Å². The van der Waals surface area contributed by atoms with Gasteiger partial charge in [-0.25, -0.2) is 0 Å². The van der Waals surface area contributed by atoms with Crippen LogP contribution in [-0.4, -0.2) is 18.4 Å². The van der Waals surface area contributed by atoms with E-state index in [1.54, 1.807) is 35.6 Å². The third-order valence-electron chi connectivity index (χ3n) is 2.87. The van der Waals surface area contributed by atoms with Crippen LogP contribution in [0, 0.1) is 0 Å². The summed E-state index contributed by atoms with van der Waals surface area (Å²) in [5.74, 6) is 0.142. The third kappa shape index (κ3) is 3.55. The Bertz CT molecular complexity index is 770. The molecule has 7 heteroatoms. The molecule has 1 aromatic carbocycles. The zero-order valence-electron chi connectivity index (χ0n) is 11.3. The van der Waals surface area contributed by atoms with Crippen molar-refractivity contribution >= 4 is 56.5 Å². The minimum Gasteiger partial charge on any atom is -0.482 e. The Hall–Kier alpha value is -2.12. The number of carbonyl (C=O) groups is 2. The van der Waals surface area contributed by atoms with E-state index in [1.165, 1.54) is 6.08 Å². The van der Waals surface area contributed by atoms with Crippen molar-refractivity contribution in [3.05, 3.63) is 45.1 Å². The van der Waals surface area contributed by atoms with Crippen molar-refractivity contribution < 1.29 is 14.3 Å². The summed E-state index contributed by atoms with van der Waals surface area (Å²) in [6.45, 7) is 0.0117. The van der Waals surface area contributed by atoms with Gasteiger partial charge in [-0.3, -0.25) is 9.59 Å². The van der Waals surface area contributed by atoms with E-state index in [4.69, 9.17) is 4.74 Å². The predicted octanol–water partition coefficient (Wildman–Crippen LogP) is 3.49. The molecular formula is C15H11BrN2O3S. The monoisotopic (exact) mass is 378 g/mol. The van der Waals surface area contributed by atoms with Crippen LogP contribution >= 0.6 is 27.3 Å². The van der Waals surface area contributed by atoms with Crippen molar-refractivity contribution in [1.82, 2.24) is 0 Å². The fraction of sp³-hybridized carbons (Fsp3) is 0.0667. The number of nitrogens with one attached hydrogen (secondary N) is 2. The zero-order chi connectivity index (χ0) is 15.5. The first-order valence-electron chi connectivity index (χ1n) is 6.41. The van der Waals surface area contributed by atoms with Crippen LogP contribution in [0.1, 0.15) is 4.88 Å². The number of benzene rings is 1. The molecule has 2 heterocycles. The smallest absolute Gasteiger partial charge is 0.262 e. The highest BCUT2D eigenvalue weighted by Gasteiger charge is 2.16. The number of halogens is 1. The van der Waals surface area contributed by atoms with E-state index in [-0.39, 0.29) is 18.4 Å². The number of rotatable bonds is 3. The molecule has 0 aliphatic carbocycles. The van der Waals surface area contributed by atoms with E-state index in [9.17, 15) is 9.59 Å². The SMILES string of the molecule is O=C(/C=C/c1ccc(Br)s1)Nc1ccc2c(c1)NC(=O)CO2. The van der Waals surface area contributed by atoms with Gasteiger partial charge in [-0.15, -0.1) is 11.3 Å². The number of hydrogen-bond acceptors (Lipinski definition) is 4. The molecular weight excluding hydrogens is 368 g/mol. The summed E-state index contributed by atoms with van der Waals surface area (Å²) < 4.78 is 6.27. The molecule has 2 N–H and O–H groups in total. The van der Waals surface area contributed by atoms with Gasteiger partial charge in [0.2, 0.25) is 5.91 Å². The van der Waals surface area contributed by atoms with E-state index < -0.39 is 0 Å². The van der Waals surface area contributed by atoms with Crippen molar-refractivity contribution in [1.29, 1.82) is 0 Å². The zero-order valence-corrected chi connectivity index (χ0v) is 13.7. The number of thiophene rings is 1. The van der Waals surface area contributed by atoms with Crippen molar-refractivity contribution in [2.75, 3.05) is 17.2 Å². The Labute approximate surface area is 139 Å². The third-order valence-corrected chi connectivity index (χ3v) is 4.46. The number of anilines is 2. The summed E-state index contributed by atoms with van der Waals surface area (Å²) in [4.78, 5) is 24.2. The molecule has 0 fully saturated rings. The van der Waals surface area contributed by atoms with Crippen molar-refractivity contribution in [2.45, 2.75) is 0 Å². The topological polar surface area (TPSA) is 67.4 Å². The van der Waals surface area contributed by atoms with Crippen LogP contribution < -0.4 is 15.4 Å². The van der Waals surface area contributed by atoms with Crippen molar-refractivity contribution in [3.8, 4) is 5.75 Å². The quantitative estimate of drug-likeness (QED) is 0.803. The minimum atomic E-state index is -0.243. The molecule has 112 valence electrons. The maximum absolute atomic E-state index is 11.9. The summed E-state index contributed by atoms with van der Waals surface area (Å²) in [7, 11) is 0. The van der Waals surface area contributed by atoms with Crippen LogP contribution in [0.25, 0.3) is 6.08 Å². The molecule has 1 aliphatic rings. The molecule has 3 rings (SSSR count). The van der Waals surface area contributed by atoms with Crippen LogP contribution in [0.2, 0.25) is 0 Å². The molecule has 22 heavy (non-hydrogen) atoms. The lowest BCUT2D eigenvalue weighted by molar-refractivity contribution is -0.118. The second-order valence-corrected chi connectivity index (χ2v) is 7.01. The van der Waals surface area contributed by atoms with Gasteiger partial charge in [-0.2, -0.15) is 0 Å². The predicted molar refractivity (Wildman–Crippen MR) is 90.2 cm³/mol.